The molecule has 41 heavy (non-hydrogen) atoms. The molecule has 0 radical (unpaired) electrons. The van der Waals surface area contributed by atoms with Crippen molar-refractivity contribution < 1.29 is 33.8 Å². The van der Waals surface area contributed by atoms with Crippen molar-refractivity contribution in [3.8, 4) is 11.4 Å². The van der Waals surface area contributed by atoms with Gasteiger partial charge in [0.05, 0.1) is 6.42 Å². The zero-order valence-electron chi connectivity index (χ0n) is 22.7. The molecule has 0 fully saturated rings. The Bertz CT molecular complexity index is 1390. The van der Waals surface area contributed by atoms with E-state index in [9.17, 15) is 29.1 Å². The number of nitrogens with zero attached hydrogens (tertiary/aromatic N) is 4. The first-order valence-electron chi connectivity index (χ1n) is 12.7. The van der Waals surface area contributed by atoms with Crippen LogP contribution in [-0.2, 0) is 32.3 Å². The number of carbonyl (C=O) groups excluding carboxylic acids is 4. The van der Waals surface area contributed by atoms with Gasteiger partial charge in [0.2, 0.25) is 11.7 Å². The number of alkyl carbamates (subject to hydrolysis) is 1. The predicted molar refractivity (Wildman–Crippen MR) is 144 cm³/mol. The van der Waals surface area contributed by atoms with E-state index in [1.165, 1.54) is 13.1 Å². The number of amides is 3. The number of ketones is 1. The molecule has 0 aliphatic carbocycles. The van der Waals surface area contributed by atoms with E-state index in [0.29, 0.717) is 5.56 Å². The first-order chi connectivity index (χ1) is 19.6. The summed E-state index contributed by atoms with van der Waals surface area (Å²) in [6, 6.07) is 13.0. The molecule has 2 aromatic carbocycles. The molecule has 3 aromatic rings. The van der Waals surface area contributed by atoms with Crippen LogP contribution in [0, 0.1) is 5.92 Å². The van der Waals surface area contributed by atoms with Crippen LogP contribution in [-0.4, -0.2) is 74.1 Å². The smallest absolute Gasteiger partial charge is 0.408 e. The normalized spacial score (nSPS) is 12.2. The molecule has 216 valence electrons. The lowest BCUT2D eigenvalue weighted by Gasteiger charge is -2.20. The van der Waals surface area contributed by atoms with Crippen LogP contribution in [0.5, 0.6) is 0 Å². The van der Waals surface area contributed by atoms with Crippen molar-refractivity contribution in [2.24, 2.45) is 5.92 Å². The van der Waals surface area contributed by atoms with Crippen molar-refractivity contribution in [2.45, 2.75) is 45.5 Å². The molecule has 14 heteroatoms. The lowest BCUT2D eigenvalue weighted by Crippen LogP contribution is -2.48. The van der Waals surface area contributed by atoms with Gasteiger partial charge in [-0.2, -0.15) is 4.80 Å². The van der Waals surface area contributed by atoms with Crippen molar-refractivity contribution in [3.05, 3.63) is 65.7 Å². The molecule has 1 unspecified atom stereocenters. The maximum atomic E-state index is 12.8. The van der Waals surface area contributed by atoms with E-state index < -0.39 is 48.8 Å². The molecule has 0 saturated carbocycles. The van der Waals surface area contributed by atoms with Gasteiger partial charge in [-0.1, -0.05) is 56.3 Å². The topological polar surface area (TPSA) is 194 Å². The largest absolute Gasteiger partial charge is 0.481 e. The van der Waals surface area contributed by atoms with Crippen LogP contribution >= 0.6 is 0 Å². The Morgan fingerprint density at radius 2 is 1.73 bits per heavy atom. The lowest BCUT2D eigenvalue weighted by atomic mass is 10.0. The first kappa shape index (κ1) is 30.4. The number of carbonyl (C=O) groups is 5. The van der Waals surface area contributed by atoms with E-state index in [-0.39, 0.29) is 29.8 Å². The molecule has 3 rings (SSSR count). The number of likely N-dealkylation sites (N-methyl/N-ethyl adjacent to an activating group) is 1. The highest BCUT2D eigenvalue weighted by Gasteiger charge is 2.26. The first-order valence-corrected chi connectivity index (χ1v) is 12.7. The van der Waals surface area contributed by atoms with E-state index in [0.717, 1.165) is 10.4 Å². The summed E-state index contributed by atoms with van der Waals surface area (Å²) in [6.07, 6.45) is -1.63. The second-order valence-corrected chi connectivity index (χ2v) is 9.36. The fraction of sp³-hybridized carbons (Fsp3) is 0.333. The van der Waals surface area contributed by atoms with Gasteiger partial charge in [0.1, 0.15) is 25.2 Å². The Balaban J connectivity index is 1.66. The SMILES string of the molecule is CNC(=O)[C@H](NC(=O)c1cccc(-c2nnn(CC(=O)C(CC(=O)O)NC(=O)OCc3ccccc3)n2)c1)C(C)C. The molecule has 14 nitrogen and oxygen atoms in total. The van der Waals surface area contributed by atoms with Gasteiger partial charge in [-0.25, -0.2) is 4.79 Å². The average Bonchev–Trinajstić information content (AvgIpc) is 3.42. The van der Waals surface area contributed by atoms with E-state index in [2.05, 4.69) is 31.4 Å². The Morgan fingerprint density at radius 3 is 2.39 bits per heavy atom. The van der Waals surface area contributed by atoms with Crippen LogP contribution in [0.15, 0.2) is 54.6 Å². The Kier molecular flexibility index (Phi) is 10.6. The molecule has 2 atom stereocenters. The zero-order valence-corrected chi connectivity index (χ0v) is 22.7. The third kappa shape index (κ3) is 8.95. The highest BCUT2D eigenvalue weighted by Crippen LogP contribution is 2.16. The van der Waals surface area contributed by atoms with Gasteiger partial charge in [-0.3, -0.25) is 19.2 Å². The number of Topliss-reactive ketones (excluding diaryl/α,β-unsaturated/α-hetero) is 1. The Labute approximate surface area is 235 Å². The summed E-state index contributed by atoms with van der Waals surface area (Å²) in [5.74, 6) is -2.83. The molecule has 1 heterocycles. The number of aromatic nitrogens is 4. The number of rotatable bonds is 13. The van der Waals surface area contributed by atoms with Gasteiger partial charge in [-0.15, -0.1) is 10.2 Å². The molecule has 1 aromatic heterocycles. The fourth-order valence-corrected chi connectivity index (χ4v) is 3.72. The van der Waals surface area contributed by atoms with E-state index in [4.69, 9.17) is 4.74 Å². The van der Waals surface area contributed by atoms with E-state index >= 15 is 0 Å². The minimum atomic E-state index is -1.40. The van der Waals surface area contributed by atoms with Gasteiger partial charge in [0.15, 0.2) is 5.78 Å². The summed E-state index contributed by atoms with van der Waals surface area (Å²) >= 11 is 0. The summed E-state index contributed by atoms with van der Waals surface area (Å²) in [7, 11) is 1.49. The number of aliphatic carboxylic acids is 1. The van der Waals surface area contributed by atoms with Crippen LogP contribution in [0.2, 0.25) is 0 Å². The minimum absolute atomic E-state index is 0.0599. The standard InChI is InChI=1S/C27H31N7O7/c1-16(2)23(26(39)28-3)30-25(38)19-11-7-10-18(12-19)24-31-33-34(32-24)14-21(35)20(13-22(36)37)29-27(40)41-15-17-8-5-4-6-9-17/h4-12,16,20,23H,13-15H2,1-3H3,(H,28,39)(H,29,40)(H,30,38)(H,36,37)/t20?,23-/m1/s1. The number of ether oxygens (including phenoxy) is 1. The van der Waals surface area contributed by atoms with Crippen LogP contribution in [0.4, 0.5) is 4.79 Å². The highest BCUT2D eigenvalue weighted by molar-refractivity contribution is 5.98. The second-order valence-electron chi connectivity index (χ2n) is 9.36. The number of hydrogen-bond acceptors (Lipinski definition) is 9. The molecule has 4 N–H and O–H groups in total. The highest BCUT2D eigenvalue weighted by atomic mass is 16.5. The predicted octanol–water partition coefficient (Wildman–Crippen LogP) is 1.18. The summed E-state index contributed by atoms with van der Waals surface area (Å²) in [5.41, 5.74) is 1.39. The zero-order chi connectivity index (χ0) is 29.9. The van der Waals surface area contributed by atoms with Crippen LogP contribution in [0.25, 0.3) is 11.4 Å². The molecule has 0 bridgehead atoms. The molecular weight excluding hydrogens is 534 g/mol. The van der Waals surface area contributed by atoms with Crippen molar-refractivity contribution in [1.82, 2.24) is 36.2 Å². The summed E-state index contributed by atoms with van der Waals surface area (Å²) in [6.45, 7) is 3.08. The van der Waals surface area contributed by atoms with E-state index in [1.807, 2.05) is 13.8 Å². The number of carboxylic acid groups (broad SMARTS) is 1. The quantitative estimate of drug-likeness (QED) is 0.234. The van der Waals surface area contributed by atoms with E-state index in [1.54, 1.807) is 48.5 Å². The number of tetrazole rings is 1. The maximum absolute atomic E-state index is 12.8. The second kappa shape index (κ2) is 14.3. The number of nitrogens with one attached hydrogen (secondary N) is 3. The van der Waals surface area contributed by atoms with Crippen molar-refractivity contribution in [1.29, 1.82) is 0 Å². The van der Waals surface area contributed by atoms with Gasteiger partial charge < -0.3 is 25.8 Å². The molecule has 0 spiro atoms. The summed E-state index contributed by atoms with van der Waals surface area (Å²) in [4.78, 5) is 62.2. The van der Waals surface area contributed by atoms with Crippen LogP contribution < -0.4 is 16.0 Å². The number of carboxylic acids is 1. The average molecular weight is 566 g/mol. The molecule has 0 saturated heterocycles. The van der Waals surface area contributed by atoms with Crippen molar-refractivity contribution >= 4 is 29.7 Å². The van der Waals surface area contributed by atoms with Crippen LogP contribution in [0.1, 0.15) is 36.2 Å². The molecular formula is C27H31N7O7. The van der Waals surface area contributed by atoms with Crippen molar-refractivity contribution in [2.75, 3.05) is 7.05 Å². The molecule has 0 aliphatic rings. The van der Waals surface area contributed by atoms with Crippen LogP contribution in [0.3, 0.4) is 0 Å². The Hall–Kier alpha value is -5.14. The van der Waals surface area contributed by atoms with Gasteiger partial charge in [0, 0.05) is 18.2 Å². The monoisotopic (exact) mass is 565 g/mol. The minimum Gasteiger partial charge on any atom is -0.481 e. The van der Waals surface area contributed by atoms with Gasteiger partial charge in [-0.05, 0) is 28.8 Å². The summed E-state index contributed by atoms with van der Waals surface area (Å²) in [5, 5.41) is 28.6. The van der Waals surface area contributed by atoms with Gasteiger partial charge in [0.25, 0.3) is 5.91 Å². The summed E-state index contributed by atoms with van der Waals surface area (Å²) < 4.78 is 5.09. The fourth-order valence-electron chi connectivity index (χ4n) is 3.72. The molecule has 0 aliphatic heterocycles. The van der Waals surface area contributed by atoms with Gasteiger partial charge >= 0.3 is 12.1 Å². The Morgan fingerprint density at radius 1 is 1.00 bits per heavy atom. The molecule has 3 amide bonds. The third-order valence-electron chi connectivity index (χ3n) is 5.89. The lowest BCUT2D eigenvalue weighted by molar-refractivity contribution is -0.139. The maximum Gasteiger partial charge on any atom is 0.408 e. The third-order valence-corrected chi connectivity index (χ3v) is 5.89. The number of benzene rings is 2. The number of hydrogen-bond donors (Lipinski definition) is 4. The van der Waals surface area contributed by atoms with Crippen molar-refractivity contribution in [3.63, 3.8) is 0 Å².